The van der Waals surface area contributed by atoms with Crippen LogP contribution in [-0.2, 0) is 16.0 Å². The smallest absolute Gasteiger partial charge is 0.221 e. The molecule has 24 heavy (non-hydrogen) atoms. The van der Waals surface area contributed by atoms with Gasteiger partial charge in [0, 0.05) is 43.7 Å². The first-order valence-corrected chi connectivity index (χ1v) is 10.3. The summed E-state index contributed by atoms with van der Waals surface area (Å²) >= 11 is 1.92. The number of amides is 1. The van der Waals surface area contributed by atoms with Crippen LogP contribution in [0.25, 0.3) is 0 Å². The van der Waals surface area contributed by atoms with Gasteiger partial charge >= 0.3 is 0 Å². The van der Waals surface area contributed by atoms with Crippen molar-refractivity contribution in [2.45, 2.75) is 44.2 Å². The zero-order chi connectivity index (χ0) is 16.6. The molecule has 2 unspecified atom stereocenters. The number of carbonyl (C=O) groups is 1. The van der Waals surface area contributed by atoms with Crippen molar-refractivity contribution in [2.24, 2.45) is 0 Å². The molecular formula is C19H28N2O2S. The maximum absolute atomic E-state index is 11.9. The third-order valence-electron chi connectivity index (χ3n) is 4.71. The summed E-state index contributed by atoms with van der Waals surface area (Å²) in [5.41, 5.74) is 2.79. The fourth-order valence-corrected chi connectivity index (χ4v) is 4.40. The Kier molecular flexibility index (Phi) is 6.99. The standard InChI is InChI=1S/C19H28N2O2S/c22-19(13-16-14-24-12-10-20-16)21-9-4-11-23-18-8-3-6-15-5-1-2-7-17(15)18/h1-2,5,7,16,18,20H,3-4,6,8-14H2,(H,21,22). The van der Waals surface area contributed by atoms with Crippen molar-refractivity contribution in [3.8, 4) is 0 Å². The van der Waals surface area contributed by atoms with Crippen LogP contribution in [0.1, 0.15) is 42.9 Å². The highest BCUT2D eigenvalue weighted by Gasteiger charge is 2.20. The lowest BCUT2D eigenvalue weighted by atomic mass is 9.89. The van der Waals surface area contributed by atoms with E-state index in [1.165, 1.54) is 24.0 Å². The molecule has 2 atom stereocenters. The van der Waals surface area contributed by atoms with Crippen LogP contribution in [0, 0.1) is 0 Å². The number of fused-ring (bicyclic) bond motifs is 1. The van der Waals surface area contributed by atoms with Crippen LogP contribution < -0.4 is 10.6 Å². The summed E-state index contributed by atoms with van der Waals surface area (Å²) in [6.07, 6.45) is 5.16. The highest BCUT2D eigenvalue weighted by molar-refractivity contribution is 7.99. The zero-order valence-corrected chi connectivity index (χ0v) is 15.1. The summed E-state index contributed by atoms with van der Waals surface area (Å²) in [6, 6.07) is 8.94. The van der Waals surface area contributed by atoms with Gasteiger partial charge in [0.05, 0.1) is 6.10 Å². The van der Waals surface area contributed by atoms with Gasteiger partial charge < -0.3 is 15.4 Å². The number of benzene rings is 1. The minimum absolute atomic E-state index is 0.151. The number of nitrogens with one attached hydrogen (secondary N) is 2. The SMILES string of the molecule is O=C(CC1CSCCN1)NCCCOC1CCCc2ccccc21. The van der Waals surface area contributed by atoms with Crippen molar-refractivity contribution in [1.82, 2.24) is 10.6 Å². The van der Waals surface area contributed by atoms with Crippen molar-refractivity contribution in [3.05, 3.63) is 35.4 Å². The molecule has 2 N–H and O–H groups in total. The molecular weight excluding hydrogens is 320 g/mol. The number of hydrogen-bond acceptors (Lipinski definition) is 4. The first-order valence-electron chi connectivity index (χ1n) is 9.10. The van der Waals surface area contributed by atoms with Gasteiger partial charge in [0.25, 0.3) is 0 Å². The number of ether oxygens (including phenoxy) is 1. The van der Waals surface area contributed by atoms with E-state index in [-0.39, 0.29) is 12.0 Å². The second-order valence-corrected chi connectivity index (χ2v) is 7.73. The van der Waals surface area contributed by atoms with Crippen molar-refractivity contribution >= 4 is 17.7 Å². The van der Waals surface area contributed by atoms with Gasteiger partial charge in [-0.1, -0.05) is 24.3 Å². The molecule has 1 heterocycles. The van der Waals surface area contributed by atoms with Crippen LogP contribution in [0.3, 0.4) is 0 Å². The minimum Gasteiger partial charge on any atom is -0.373 e. The van der Waals surface area contributed by atoms with Gasteiger partial charge in [0.15, 0.2) is 0 Å². The second-order valence-electron chi connectivity index (χ2n) is 6.58. The molecule has 1 saturated heterocycles. The van der Waals surface area contributed by atoms with Gasteiger partial charge in [-0.3, -0.25) is 4.79 Å². The molecule has 3 rings (SSSR count). The van der Waals surface area contributed by atoms with Crippen LogP contribution in [0.15, 0.2) is 24.3 Å². The highest BCUT2D eigenvalue weighted by atomic mass is 32.2. The molecule has 0 saturated carbocycles. The topological polar surface area (TPSA) is 50.4 Å². The Bertz CT molecular complexity index is 532. The predicted molar refractivity (Wildman–Crippen MR) is 99.4 cm³/mol. The molecule has 1 fully saturated rings. The van der Waals surface area contributed by atoms with Crippen LogP contribution in [0.2, 0.25) is 0 Å². The Hall–Kier alpha value is -1.04. The maximum atomic E-state index is 11.9. The summed E-state index contributed by atoms with van der Waals surface area (Å²) in [7, 11) is 0. The van der Waals surface area contributed by atoms with E-state index in [1.807, 2.05) is 11.8 Å². The van der Waals surface area contributed by atoms with Gasteiger partial charge in [-0.2, -0.15) is 11.8 Å². The van der Waals surface area contributed by atoms with Crippen molar-refractivity contribution in [3.63, 3.8) is 0 Å². The molecule has 1 aliphatic carbocycles. The van der Waals surface area contributed by atoms with Crippen LogP contribution >= 0.6 is 11.8 Å². The molecule has 132 valence electrons. The zero-order valence-electron chi connectivity index (χ0n) is 14.3. The normalized spacial score (nSPS) is 23.5. The lowest BCUT2D eigenvalue weighted by Crippen LogP contribution is -2.41. The van der Waals surface area contributed by atoms with Crippen LogP contribution in [0.5, 0.6) is 0 Å². The van der Waals surface area contributed by atoms with E-state index in [4.69, 9.17) is 4.74 Å². The van der Waals surface area contributed by atoms with Gasteiger partial charge in [-0.15, -0.1) is 0 Å². The quantitative estimate of drug-likeness (QED) is 0.744. The van der Waals surface area contributed by atoms with Crippen molar-refractivity contribution in [2.75, 3.05) is 31.2 Å². The van der Waals surface area contributed by atoms with Gasteiger partial charge in [-0.25, -0.2) is 0 Å². The number of aryl methyl sites for hydroxylation is 1. The average Bonchev–Trinajstić information content (AvgIpc) is 2.62. The Labute approximate surface area is 149 Å². The number of carbonyl (C=O) groups excluding carboxylic acids is 1. The highest BCUT2D eigenvalue weighted by Crippen LogP contribution is 2.32. The van der Waals surface area contributed by atoms with E-state index < -0.39 is 0 Å². The van der Waals surface area contributed by atoms with Crippen LogP contribution in [0.4, 0.5) is 0 Å². The lowest BCUT2D eigenvalue weighted by molar-refractivity contribution is -0.121. The van der Waals surface area contributed by atoms with Gasteiger partial charge in [0.1, 0.15) is 0 Å². The Morgan fingerprint density at radius 1 is 1.38 bits per heavy atom. The van der Waals surface area contributed by atoms with E-state index in [1.54, 1.807) is 0 Å². The van der Waals surface area contributed by atoms with Crippen molar-refractivity contribution < 1.29 is 9.53 Å². The molecule has 4 nitrogen and oxygen atoms in total. The summed E-state index contributed by atoms with van der Waals surface area (Å²) in [4.78, 5) is 11.9. The summed E-state index contributed by atoms with van der Waals surface area (Å²) in [5.74, 6) is 2.34. The molecule has 0 aromatic heterocycles. The molecule has 5 heteroatoms. The third-order valence-corrected chi connectivity index (χ3v) is 5.84. The van der Waals surface area contributed by atoms with E-state index in [0.29, 0.717) is 25.6 Å². The third kappa shape index (κ3) is 5.23. The number of thioether (sulfide) groups is 1. The number of rotatable bonds is 7. The Morgan fingerprint density at radius 3 is 3.17 bits per heavy atom. The molecule has 1 aromatic rings. The molecule has 1 aromatic carbocycles. The summed E-state index contributed by atoms with van der Waals surface area (Å²) in [6.45, 7) is 2.42. The lowest BCUT2D eigenvalue weighted by Gasteiger charge is -2.25. The van der Waals surface area contributed by atoms with E-state index in [0.717, 1.165) is 30.9 Å². The monoisotopic (exact) mass is 348 g/mol. The molecule has 1 amide bonds. The Balaban J connectivity index is 1.31. The fourth-order valence-electron chi connectivity index (χ4n) is 3.45. The van der Waals surface area contributed by atoms with E-state index in [2.05, 4.69) is 34.9 Å². The average molecular weight is 349 g/mol. The maximum Gasteiger partial charge on any atom is 0.221 e. The van der Waals surface area contributed by atoms with E-state index in [9.17, 15) is 4.79 Å². The van der Waals surface area contributed by atoms with Gasteiger partial charge in [0.2, 0.25) is 5.91 Å². The van der Waals surface area contributed by atoms with Crippen LogP contribution in [-0.4, -0.2) is 43.2 Å². The first kappa shape index (κ1) is 17.8. The first-order chi connectivity index (χ1) is 11.8. The molecule has 0 radical (unpaired) electrons. The van der Waals surface area contributed by atoms with E-state index >= 15 is 0 Å². The second kappa shape index (κ2) is 9.44. The minimum atomic E-state index is 0.151. The summed E-state index contributed by atoms with van der Waals surface area (Å²) < 4.78 is 6.07. The summed E-state index contributed by atoms with van der Waals surface area (Å²) in [5, 5.41) is 6.42. The Morgan fingerprint density at radius 2 is 2.29 bits per heavy atom. The van der Waals surface area contributed by atoms with Gasteiger partial charge in [-0.05, 0) is 36.8 Å². The molecule has 1 aliphatic heterocycles. The largest absolute Gasteiger partial charge is 0.373 e. The van der Waals surface area contributed by atoms with Crippen molar-refractivity contribution in [1.29, 1.82) is 0 Å². The molecule has 0 bridgehead atoms. The fraction of sp³-hybridized carbons (Fsp3) is 0.632. The number of hydrogen-bond donors (Lipinski definition) is 2. The molecule has 2 aliphatic rings. The predicted octanol–water partition coefficient (Wildman–Crippen LogP) is 2.68. The molecule has 0 spiro atoms.